The van der Waals surface area contributed by atoms with Crippen molar-refractivity contribution in [3.05, 3.63) is 59.7 Å². The molecule has 7 heteroatoms. The molecule has 0 unspecified atom stereocenters. The Morgan fingerprint density at radius 1 is 0.808 bits per heavy atom. The van der Waals surface area contributed by atoms with Crippen molar-refractivity contribution in [1.29, 1.82) is 0 Å². The molecule has 2 amide bonds. The number of anilines is 2. The molecule has 2 heterocycles. The van der Waals surface area contributed by atoms with E-state index in [0.29, 0.717) is 0 Å². The SMILES string of the molecule is O=C(Nc1cccc(C2=[NH+]CCN2)c1)Nc1cccc(C2=[NH+]CCN2)c1. The second-order valence-electron chi connectivity index (χ2n) is 6.20. The maximum absolute atomic E-state index is 12.3. The number of amides is 2. The molecule has 2 aromatic rings. The Kier molecular flexibility index (Phi) is 4.51. The first-order valence-corrected chi connectivity index (χ1v) is 8.76. The minimum Gasteiger partial charge on any atom is -0.308 e. The van der Waals surface area contributed by atoms with Crippen LogP contribution in [0.25, 0.3) is 0 Å². The fourth-order valence-electron chi connectivity index (χ4n) is 3.08. The Morgan fingerprint density at radius 2 is 1.31 bits per heavy atom. The lowest BCUT2D eigenvalue weighted by molar-refractivity contribution is -0.444. The van der Waals surface area contributed by atoms with Crippen LogP contribution in [0.2, 0.25) is 0 Å². The Morgan fingerprint density at radius 3 is 1.73 bits per heavy atom. The van der Waals surface area contributed by atoms with Gasteiger partial charge in [-0.05, 0) is 36.4 Å². The van der Waals surface area contributed by atoms with E-state index in [1.165, 1.54) is 0 Å². The molecule has 0 atom stereocenters. The fraction of sp³-hybridized carbons (Fsp3) is 0.211. The molecule has 26 heavy (non-hydrogen) atoms. The van der Waals surface area contributed by atoms with Gasteiger partial charge in [-0.3, -0.25) is 20.6 Å². The summed E-state index contributed by atoms with van der Waals surface area (Å²) in [7, 11) is 0. The van der Waals surface area contributed by atoms with Gasteiger partial charge in [0.25, 0.3) is 11.7 Å². The molecule has 0 bridgehead atoms. The molecule has 0 saturated carbocycles. The summed E-state index contributed by atoms with van der Waals surface area (Å²) < 4.78 is 0. The molecule has 6 N–H and O–H groups in total. The van der Waals surface area contributed by atoms with Gasteiger partial charge in [0.15, 0.2) is 0 Å². The number of carbonyl (C=O) groups is 1. The summed E-state index contributed by atoms with van der Waals surface area (Å²) >= 11 is 0. The van der Waals surface area contributed by atoms with Crippen LogP contribution in [-0.2, 0) is 0 Å². The van der Waals surface area contributed by atoms with E-state index in [1.807, 2.05) is 48.5 Å². The van der Waals surface area contributed by atoms with Gasteiger partial charge in [-0.2, -0.15) is 0 Å². The maximum Gasteiger partial charge on any atom is 0.323 e. The molecule has 0 aromatic heterocycles. The van der Waals surface area contributed by atoms with Gasteiger partial charge in [0, 0.05) is 11.4 Å². The molecule has 0 fully saturated rings. The number of rotatable bonds is 4. The van der Waals surface area contributed by atoms with Gasteiger partial charge in [-0.15, -0.1) is 0 Å². The number of urea groups is 1. The smallest absolute Gasteiger partial charge is 0.308 e. The van der Waals surface area contributed by atoms with Crippen LogP contribution < -0.4 is 31.3 Å². The fourth-order valence-corrected chi connectivity index (χ4v) is 3.08. The van der Waals surface area contributed by atoms with E-state index in [2.05, 4.69) is 31.3 Å². The van der Waals surface area contributed by atoms with Crippen LogP contribution in [0.15, 0.2) is 48.5 Å². The van der Waals surface area contributed by atoms with Crippen molar-refractivity contribution in [1.82, 2.24) is 10.6 Å². The Balaban J connectivity index is 1.43. The lowest BCUT2D eigenvalue weighted by atomic mass is 10.2. The zero-order valence-electron chi connectivity index (χ0n) is 14.4. The average molecular weight is 350 g/mol. The van der Waals surface area contributed by atoms with E-state index in [9.17, 15) is 4.79 Å². The van der Waals surface area contributed by atoms with Gasteiger partial charge < -0.3 is 10.6 Å². The first-order chi connectivity index (χ1) is 12.8. The van der Waals surface area contributed by atoms with Gasteiger partial charge >= 0.3 is 6.03 Å². The molecule has 7 nitrogen and oxygen atoms in total. The highest BCUT2D eigenvalue weighted by molar-refractivity contribution is 6.02. The summed E-state index contributed by atoms with van der Waals surface area (Å²) in [5.41, 5.74) is 3.54. The van der Waals surface area contributed by atoms with Crippen molar-refractivity contribution in [3.63, 3.8) is 0 Å². The van der Waals surface area contributed by atoms with Gasteiger partial charge in [0.1, 0.15) is 26.2 Å². The van der Waals surface area contributed by atoms with E-state index in [4.69, 9.17) is 0 Å². The van der Waals surface area contributed by atoms with Crippen LogP contribution in [0.4, 0.5) is 16.2 Å². The summed E-state index contributed by atoms with van der Waals surface area (Å²) in [6.45, 7) is 3.64. The molecule has 0 spiro atoms. The Labute approximate surface area is 151 Å². The van der Waals surface area contributed by atoms with Crippen LogP contribution in [0, 0.1) is 0 Å². The van der Waals surface area contributed by atoms with Crippen LogP contribution >= 0.6 is 0 Å². The average Bonchev–Trinajstić information content (AvgIpc) is 3.36. The summed E-state index contributed by atoms with van der Waals surface area (Å²) in [5, 5.41) is 12.4. The predicted octanol–water partition coefficient (Wildman–Crippen LogP) is -1.81. The van der Waals surface area contributed by atoms with Crippen molar-refractivity contribution in [2.75, 3.05) is 36.8 Å². The molecule has 132 valence electrons. The van der Waals surface area contributed by atoms with Crippen molar-refractivity contribution in [2.45, 2.75) is 0 Å². The summed E-state index contributed by atoms with van der Waals surface area (Å²) in [4.78, 5) is 18.9. The predicted molar refractivity (Wildman–Crippen MR) is 101 cm³/mol. The molecule has 0 aliphatic carbocycles. The third-order valence-corrected chi connectivity index (χ3v) is 4.28. The number of hydrogen-bond donors (Lipinski definition) is 6. The van der Waals surface area contributed by atoms with Crippen molar-refractivity contribution >= 4 is 29.1 Å². The van der Waals surface area contributed by atoms with Crippen molar-refractivity contribution in [3.8, 4) is 0 Å². The summed E-state index contributed by atoms with van der Waals surface area (Å²) in [6.07, 6.45) is 0. The van der Waals surface area contributed by atoms with Crippen LogP contribution in [-0.4, -0.2) is 43.9 Å². The molecular formula is C19H22N6O+2. The van der Waals surface area contributed by atoms with Crippen molar-refractivity contribution < 1.29 is 14.8 Å². The first-order valence-electron chi connectivity index (χ1n) is 8.76. The highest BCUT2D eigenvalue weighted by Gasteiger charge is 2.17. The quantitative estimate of drug-likeness (QED) is 0.393. The molecule has 0 saturated heterocycles. The summed E-state index contributed by atoms with van der Waals surface area (Å²) in [5.74, 6) is 1.99. The zero-order chi connectivity index (χ0) is 17.8. The van der Waals surface area contributed by atoms with Gasteiger partial charge in [0.2, 0.25) is 0 Å². The van der Waals surface area contributed by atoms with Crippen molar-refractivity contribution in [2.24, 2.45) is 0 Å². The van der Waals surface area contributed by atoms with E-state index in [1.54, 1.807) is 0 Å². The standard InChI is InChI=1S/C19H20N6O/c26-19(24-15-5-1-3-13(11-15)17-20-7-8-21-17)25-16-6-2-4-14(12-16)18-22-9-10-23-18/h1-6,11-12H,7-10H2,(H,20,21)(H,22,23)(H2,24,25,26)/p+2. The Hall–Kier alpha value is -3.35. The second-order valence-corrected chi connectivity index (χ2v) is 6.20. The number of carbonyl (C=O) groups excluding carboxylic acids is 1. The lowest BCUT2D eigenvalue weighted by Gasteiger charge is -2.09. The Bertz CT molecular complexity index is 818. The van der Waals surface area contributed by atoms with E-state index in [0.717, 1.165) is 60.4 Å². The van der Waals surface area contributed by atoms with Crippen LogP contribution in [0.5, 0.6) is 0 Å². The lowest BCUT2D eigenvalue weighted by Crippen LogP contribution is -2.70. The minimum absolute atomic E-state index is 0.269. The van der Waals surface area contributed by atoms with Gasteiger partial charge in [-0.25, -0.2) is 4.79 Å². The molecule has 2 aromatic carbocycles. The topological polar surface area (TPSA) is 93.1 Å². The van der Waals surface area contributed by atoms with E-state index >= 15 is 0 Å². The van der Waals surface area contributed by atoms with Crippen LogP contribution in [0.3, 0.4) is 0 Å². The largest absolute Gasteiger partial charge is 0.323 e. The molecule has 2 aliphatic rings. The third kappa shape index (κ3) is 3.66. The molecule has 2 aliphatic heterocycles. The summed E-state index contributed by atoms with van der Waals surface area (Å²) in [6, 6.07) is 15.2. The molecule has 0 radical (unpaired) electrons. The number of hydrogen-bond acceptors (Lipinski definition) is 3. The number of nitrogens with one attached hydrogen (secondary N) is 6. The van der Waals surface area contributed by atoms with Gasteiger partial charge in [-0.1, -0.05) is 12.1 Å². The normalized spacial score (nSPS) is 15.5. The highest BCUT2D eigenvalue weighted by Crippen LogP contribution is 2.13. The van der Waals surface area contributed by atoms with Crippen LogP contribution in [0.1, 0.15) is 11.1 Å². The van der Waals surface area contributed by atoms with Gasteiger partial charge in [0.05, 0.1) is 11.1 Å². The zero-order valence-corrected chi connectivity index (χ0v) is 14.4. The monoisotopic (exact) mass is 350 g/mol. The third-order valence-electron chi connectivity index (χ3n) is 4.28. The minimum atomic E-state index is -0.269. The second kappa shape index (κ2) is 7.26. The van der Waals surface area contributed by atoms with E-state index in [-0.39, 0.29) is 6.03 Å². The van der Waals surface area contributed by atoms with E-state index < -0.39 is 0 Å². The molecular weight excluding hydrogens is 328 g/mol. The maximum atomic E-state index is 12.3. The first kappa shape index (κ1) is 16.1. The molecule has 4 rings (SSSR count). The highest BCUT2D eigenvalue weighted by atomic mass is 16.2. The number of benzene rings is 2. The number of amidine groups is 2.